The molecular weight excluding hydrogens is 396 g/mol. The minimum atomic E-state index is -0.244. The van der Waals surface area contributed by atoms with E-state index in [1.807, 2.05) is 60.7 Å². The summed E-state index contributed by atoms with van der Waals surface area (Å²) in [6.07, 6.45) is 1.67. The van der Waals surface area contributed by atoms with Crippen LogP contribution in [0.15, 0.2) is 65.1 Å². The van der Waals surface area contributed by atoms with E-state index in [1.165, 1.54) is 0 Å². The molecule has 2 atom stereocenters. The smallest absolute Gasteiger partial charge is 0.306 e. The van der Waals surface area contributed by atoms with Crippen molar-refractivity contribution in [2.75, 3.05) is 6.61 Å². The minimum Gasteiger partial charge on any atom is -0.461 e. The Morgan fingerprint density at radius 2 is 1.61 bits per heavy atom. The third kappa shape index (κ3) is 6.47. The van der Waals surface area contributed by atoms with Gasteiger partial charge in [0.1, 0.15) is 19.3 Å². The maximum absolute atomic E-state index is 12.1. The number of hydrogen-bond donors (Lipinski definition) is 0. The van der Waals surface area contributed by atoms with Crippen LogP contribution < -0.4 is 0 Å². The Labute approximate surface area is 181 Å². The number of hydrogen-bond acceptors (Lipinski definition) is 7. The summed E-state index contributed by atoms with van der Waals surface area (Å²) in [5, 5.41) is 8.15. The van der Waals surface area contributed by atoms with Crippen molar-refractivity contribution in [3.05, 3.63) is 83.6 Å². The molecule has 1 aliphatic heterocycles. The normalized spacial score (nSPS) is 18.6. The summed E-state index contributed by atoms with van der Waals surface area (Å²) in [5.41, 5.74) is 2.07. The number of aromatic nitrogens is 2. The van der Waals surface area contributed by atoms with Gasteiger partial charge >= 0.3 is 5.97 Å². The van der Waals surface area contributed by atoms with Crippen molar-refractivity contribution < 1.29 is 23.4 Å². The molecular formula is C24H26N2O5. The van der Waals surface area contributed by atoms with Crippen LogP contribution in [-0.2, 0) is 38.8 Å². The minimum absolute atomic E-state index is 0.135. The van der Waals surface area contributed by atoms with E-state index in [-0.39, 0.29) is 24.6 Å². The molecule has 4 rings (SSSR count). The van der Waals surface area contributed by atoms with Gasteiger partial charge in [0.05, 0.1) is 19.6 Å². The van der Waals surface area contributed by atoms with E-state index in [9.17, 15) is 4.79 Å². The molecule has 1 aliphatic rings. The summed E-state index contributed by atoms with van der Waals surface area (Å²) in [4.78, 5) is 12.1. The van der Waals surface area contributed by atoms with Gasteiger partial charge in [-0.2, -0.15) is 0 Å². The van der Waals surface area contributed by atoms with Crippen LogP contribution in [-0.4, -0.2) is 22.8 Å². The van der Waals surface area contributed by atoms with Crippen LogP contribution in [0.25, 0.3) is 0 Å². The van der Waals surface area contributed by atoms with Crippen molar-refractivity contribution in [3.8, 4) is 0 Å². The molecule has 0 N–H and O–H groups in total. The van der Waals surface area contributed by atoms with Crippen LogP contribution in [0.2, 0.25) is 0 Å². The maximum Gasteiger partial charge on any atom is 0.306 e. The fraction of sp³-hybridized carbons (Fsp3) is 0.375. The van der Waals surface area contributed by atoms with E-state index in [1.54, 1.807) is 0 Å². The van der Waals surface area contributed by atoms with Gasteiger partial charge in [0, 0.05) is 0 Å². The van der Waals surface area contributed by atoms with E-state index in [0.29, 0.717) is 38.0 Å². The zero-order valence-electron chi connectivity index (χ0n) is 17.3. The van der Waals surface area contributed by atoms with Gasteiger partial charge in [-0.3, -0.25) is 4.79 Å². The molecule has 1 aromatic heterocycles. The molecule has 0 unspecified atom stereocenters. The Balaban J connectivity index is 1.16. The summed E-state index contributed by atoms with van der Waals surface area (Å²) in [7, 11) is 0. The van der Waals surface area contributed by atoms with Gasteiger partial charge in [-0.1, -0.05) is 60.7 Å². The highest BCUT2D eigenvalue weighted by molar-refractivity contribution is 5.69. The molecule has 0 radical (unpaired) electrons. The predicted molar refractivity (Wildman–Crippen MR) is 112 cm³/mol. The van der Waals surface area contributed by atoms with Gasteiger partial charge in [0.2, 0.25) is 11.8 Å². The van der Waals surface area contributed by atoms with E-state index < -0.39 is 0 Å². The van der Waals surface area contributed by atoms with Crippen LogP contribution in [0.4, 0.5) is 0 Å². The second-order valence-corrected chi connectivity index (χ2v) is 7.63. The monoisotopic (exact) mass is 422 g/mol. The zero-order chi connectivity index (χ0) is 21.3. The molecule has 0 amide bonds. The molecule has 0 bridgehead atoms. The second-order valence-electron chi connectivity index (χ2n) is 7.63. The third-order valence-corrected chi connectivity index (χ3v) is 5.16. The van der Waals surface area contributed by atoms with E-state index >= 15 is 0 Å². The molecule has 7 nitrogen and oxygen atoms in total. The summed E-state index contributed by atoms with van der Waals surface area (Å²) < 4.78 is 22.6. The molecule has 3 aromatic rings. The van der Waals surface area contributed by atoms with Crippen molar-refractivity contribution in [3.63, 3.8) is 0 Å². The van der Waals surface area contributed by atoms with Crippen molar-refractivity contribution in [2.24, 2.45) is 5.92 Å². The Bertz CT molecular complexity index is 937. The first-order chi connectivity index (χ1) is 15.3. The standard InChI is InChI=1S/C24H26N2O5/c27-23(30-15-19-9-5-2-6-10-19)13-20-11-12-21(29-16-20)24-26-25-22(31-24)17-28-14-18-7-3-1-4-8-18/h1-10,20-21H,11-17H2/t20-,21-/m0/s1. The lowest BCUT2D eigenvalue weighted by molar-refractivity contribution is -0.148. The highest BCUT2D eigenvalue weighted by atomic mass is 16.5. The lowest BCUT2D eigenvalue weighted by Gasteiger charge is -2.26. The van der Waals surface area contributed by atoms with Crippen molar-refractivity contribution in [1.29, 1.82) is 0 Å². The topological polar surface area (TPSA) is 83.7 Å². The number of benzene rings is 2. The first-order valence-electron chi connectivity index (χ1n) is 10.5. The summed E-state index contributed by atoms with van der Waals surface area (Å²) >= 11 is 0. The van der Waals surface area contributed by atoms with Crippen LogP contribution in [0.5, 0.6) is 0 Å². The lowest BCUT2D eigenvalue weighted by Crippen LogP contribution is -2.24. The molecule has 0 saturated carbocycles. The van der Waals surface area contributed by atoms with Crippen molar-refractivity contribution >= 4 is 5.97 Å². The van der Waals surface area contributed by atoms with Gasteiger partial charge in [0.25, 0.3) is 0 Å². The fourth-order valence-corrected chi connectivity index (χ4v) is 3.48. The Hall–Kier alpha value is -3.03. The van der Waals surface area contributed by atoms with E-state index in [0.717, 1.165) is 24.0 Å². The summed E-state index contributed by atoms with van der Waals surface area (Å²) in [6.45, 7) is 1.51. The van der Waals surface area contributed by atoms with Crippen LogP contribution >= 0.6 is 0 Å². The van der Waals surface area contributed by atoms with Crippen molar-refractivity contribution in [2.45, 2.75) is 45.2 Å². The number of esters is 1. The quantitative estimate of drug-likeness (QED) is 0.473. The highest BCUT2D eigenvalue weighted by Crippen LogP contribution is 2.31. The summed E-state index contributed by atoms with van der Waals surface area (Å²) in [6, 6.07) is 19.6. The number of carbonyl (C=O) groups excluding carboxylic acids is 1. The Kier molecular flexibility index (Phi) is 7.41. The molecule has 0 aliphatic carbocycles. The largest absolute Gasteiger partial charge is 0.461 e. The van der Waals surface area contributed by atoms with Gasteiger partial charge in [0.15, 0.2) is 0 Å². The van der Waals surface area contributed by atoms with Crippen LogP contribution in [0.1, 0.15) is 48.3 Å². The zero-order valence-corrected chi connectivity index (χ0v) is 17.3. The van der Waals surface area contributed by atoms with Crippen LogP contribution in [0, 0.1) is 5.92 Å². The van der Waals surface area contributed by atoms with E-state index in [2.05, 4.69) is 10.2 Å². The number of ether oxygens (including phenoxy) is 3. The number of carbonyl (C=O) groups is 1. The number of nitrogens with zero attached hydrogens (tertiary/aromatic N) is 2. The van der Waals surface area contributed by atoms with Gasteiger partial charge in [-0.05, 0) is 29.9 Å². The first-order valence-corrected chi connectivity index (χ1v) is 10.5. The molecule has 0 spiro atoms. The lowest BCUT2D eigenvalue weighted by atomic mass is 9.95. The van der Waals surface area contributed by atoms with Gasteiger partial charge in [-0.15, -0.1) is 10.2 Å². The molecule has 2 heterocycles. The fourth-order valence-electron chi connectivity index (χ4n) is 3.48. The summed E-state index contributed by atoms with van der Waals surface area (Å²) in [5.74, 6) is 0.826. The first kappa shape index (κ1) is 21.2. The maximum atomic E-state index is 12.1. The molecule has 31 heavy (non-hydrogen) atoms. The average molecular weight is 422 g/mol. The van der Waals surface area contributed by atoms with E-state index in [4.69, 9.17) is 18.6 Å². The molecule has 1 saturated heterocycles. The third-order valence-electron chi connectivity index (χ3n) is 5.16. The Morgan fingerprint density at radius 3 is 2.29 bits per heavy atom. The predicted octanol–water partition coefficient (Wildman–Crippen LogP) is 4.39. The van der Waals surface area contributed by atoms with Crippen molar-refractivity contribution in [1.82, 2.24) is 10.2 Å². The second kappa shape index (κ2) is 10.8. The van der Waals surface area contributed by atoms with Gasteiger partial charge < -0.3 is 18.6 Å². The Morgan fingerprint density at radius 1 is 0.903 bits per heavy atom. The molecule has 7 heteroatoms. The highest BCUT2D eigenvalue weighted by Gasteiger charge is 2.28. The molecule has 162 valence electrons. The molecule has 1 fully saturated rings. The SMILES string of the molecule is O=C(C[C@@H]1CC[C@@H](c2nnc(COCc3ccccc3)o2)OC1)OCc1ccccc1. The van der Waals surface area contributed by atoms with Gasteiger partial charge in [-0.25, -0.2) is 0 Å². The average Bonchev–Trinajstić information content (AvgIpc) is 3.29. The number of rotatable bonds is 9. The molecule has 2 aromatic carbocycles. The van der Waals surface area contributed by atoms with Crippen LogP contribution in [0.3, 0.4) is 0 Å².